The summed E-state index contributed by atoms with van der Waals surface area (Å²) < 4.78 is 31.1. The van der Waals surface area contributed by atoms with Gasteiger partial charge in [0.15, 0.2) is 0 Å². The number of rotatable bonds is 3. The van der Waals surface area contributed by atoms with Gasteiger partial charge >= 0.3 is 0 Å². The molecule has 1 heterocycles. The molecule has 0 saturated heterocycles. The average Bonchev–Trinajstić information content (AvgIpc) is 2.14. The third kappa shape index (κ3) is 2.87. The van der Waals surface area contributed by atoms with Gasteiger partial charge in [-0.3, -0.25) is 0 Å². The molecule has 15 heavy (non-hydrogen) atoms. The molecule has 5 heteroatoms. The van der Waals surface area contributed by atoms with E-state index >= 15 is 0 Å². The molecule has 82 valence electrons. The van der Waals surface area contributed by atoms with Crippen LogP contribution < -0.4 is 4.74 Å². The number of pyridine rings is 1. The molecule has 1 saturated carbocycles. The van der Waals surface area contributed by atoms with Crippen LogP contribution in [-0.4, -0.2) is 17.5 Å². The lowest BCUT2D eigenvalue weighted by atomic mass is 9.82. The first-order chi connectivity index (χ1) is 7.05. The van der Waals surface area contributed by atoms with Crippen molar-refractivity contribution < 1.29 is 13.5 Å². The summed E-state index contributed by atoms with van der Waals surface area (Å²) in [6.07, 6.45) is 1.48. The largest absolute Gasteiger partial charge is 0.477 e. The zero-order valence-electron chi connectivity index (χ0n) is 7.92. The molecule has 0 aliphatic heterocycles. The van der Waals surface area contributed by atoms with E-state index in [2.05, 4.69) is 20.9 Å². The second-order valence-electron chi connectivity index (χ2n) is 3.76. The Bertz CT molecular complexity index is 334. The Labute approximate surface area is 94.8 Å². The summed E-state index contributed by atoms with van der Waals surface area (Å²) in [5.74, 6) is -2.03. The average molecular weight is 278 g/mol. The van der Waals surface area contributed by atoms with E-state index in [0.717, 1.165) is 4.47 Å². The van der Waals surface area contributed by atoms with Crippen molar-refractivity contribution in [1.82, 2.24) is 4.98 Å². The fourth-order valence-corrected chi connectivity index (χ4v) is 1.79. The Morgan fingerprint density at radius 2 is 2.20 bits per heavy atom. The van der Waals surface area contributed by atoms with Gasteiger partial charge in [-0.15, -0.1) is 0 Å². The Morgan fingerprint density at radius 3 is 2.73 bits per heavy atom. The van der Waals surface area contributed by atoms with Crippen LogP contribution in [0.4, 0.5) is 8.78 Å². The van der Waals surface area contributed by atoms with Crippen LogP contribution in [-0.2, 0) is 0 Å². The van der Waals surface area contributed by atoms with Gasteiger partial charge < -0.3 is 4.74 Å². The molecule has 1 aliphatic carbocycles. The van der Waals surface area contributed by atoms with Crippen LogP contribution in [0, 0.1) is 5.92 Å². The number of hydrogen-bond acceptors (Lipinski definition) is 2. The van der Waals surface area contributed by atoms with Crippen molar-refractivity contribution in [1.29, 1.82) is 0 Å². The molecule has 2 rings (SSSR count). The molecule has 1 aromatic rings. The van der Waals surface area contributed by atoms with Crippen LogP contribution in [0.2, 0.25) is 0 Å². The first kappa shape index (κ1) is 10.8. The van der Waals surface area contributed by atoms with Gasteiger partial charge in [0.25, 0.3) is 0 Å². The van der Waals surface area contributed by atoms with Gasteiger partial charge in [0.05, 0.1) is 6.61 Å². The Balaban J connectivity index is 1.77. The monoisotopic (exact) mass is 277 g/mol. The third-order valence-electron chi connectivity index (χ3n) is 2.34. The van der Waals surface area contributed by atoms with Gasteiger partial charge in [-0.25, -0.2) is 13.8 Å². The Hall–Kier alpha value is -0.710. The van der Waals surface area contributed by atoms with Gasteiger partial charge in [-0.1, -0.05) is 0 Å². The zero-order chi connectivity index (χ0) is 10.9. The predicted molar refractivity (Wildman–Crippen MR) is 55.1 cm³/mol. The lowest BCUT2D eigenvalue weighted by molar-refractivity contribution is -0.119. The third-order valence-corrected chi connectivity index (χ3v) is 2.81. The minimum absolute atomic E-state index is 0.0366. The summed E-state index contributed by atoms with van der Waals surface area (Å²) in [6.45, 7) is 0.324. The normalized spacial score (nSPS) is 19.7. The first-order valence-corrected chi connectivity index (χ1v) is 5.47. The second-order valence-corrected chi connectivity index (χ2v) is 4.67. The summed E-state index contributed by atoms with van der Waals surface area (Å²) >= 11 is 3.25. The van der Waals surface area contributed by atoms with E-state index in [-0.39, 0.29) is 18.8 Å². The summed E-state index contributed by atoms with van der Waals surface area (Å²) in [5, 5.41) is 0. The fraction of sp³-hybridized carbons (Fsp3) is 0.500. The molecule has 0 amide bonds. The second kappa shape index (κ2) is 4.04. The molecule has 2 nitrogen and oxygen atoms in total. The Morgan fingerprint density at radius 1 is 1.47 bits per heavy atom. The van der Waals surface area contributed by atoms with Gasteiger partial charge in [0.1, 0.15) is 0 Å². The number of ether oxygens (including phenoxy) is 1. The molecule has 1 aliphatic rings. The molecule has 0 aromatic carbocycles. The highest BCUT2D eigenvalue weighted by Crippen LogP contribution is 2.42. The van der Waals surface area contributed by atoms with Gasteiger partial charge in [0.2, 0.25) is 11.8 Å². The number of hydrogen-bond donors (Lipinski definition) is 0. The van der Waals surface area contributed by atoms with Crippen molar-refractivity contribution in [3.63, 3.8) is 0 Å². The minimum atomic E-state index is -2.47. The van der Waals surface area contributed by atoms with Crippen molar-refractivity contribution in [2.45, 2.75) is 18.8 Å². The van der Waals surface area contributed by atoms with Crippen molar-refractivity contribution >= 4 is 15.9 Å². The number of halogens is 3. The summed E-state index contributed by atoms with van der Waals surface area (Å²) in [7, 11) is 0. The number of alkyl halides is 2. The zero-order valence-corrected chi connectivity index (χ0v) is 9.51. The number of nitrogens with zero attached hydrogens (tertiary/aromatic N) is 1. The first-order valence-electron chi connectivity index (χ1n) is 4.67. The van der Waals surface area contributed by atoms with Crippen LogP contribution in [0.15, 0.2) is 22.8 Å². The molecule has 1 fully saturated rings. The molecule has 0 bridgehead atoms. The number of aromatic nitrogens is 1. The highest BCUT2D eigenvalue weighted by atomic mass is 79.9. The van der Waals surface area contributed by atoms with E-state index in [1.165, 1.54) is 0 Å². The summed E-state index contributed by atoms with van der Waals surface area (Å²) in [5.41, 5.74) is 0. The maximum absolute atomic E-state index is 12.5. The van der Waals surface area contributed by atoms with Gasteiger partial charge in [-0.2, -0.15) is 0 Å². The molecule has 1 aromatic heterocycles. The molecule has 0 radical (unpaired) electrons. The Kier molecular flexibility index (Phi) is 2.91. The van der Waals surface area contributed by atoms with Crippen LogP contribution >= 0.6 is 15.9 Å². The summed E-state index contributed by atoms with van der Waals surface area (Å²) in [4.78, 5) is 3.99. The van der Waals surface area contributed by atoms with Crippen molar-refractivity contribution in [2.24, 2.45) is 5.92 Å². The van der Waals surface area contributed by atoms with Gasteiger partial charge in [-0.05, 0) is 22.0 Å². The van der Waals surface area contributed by atoms with Gasteiger partial charge in [0, 0.05) is 35.5 Å². The quantitative estimate of drug-likeness (QED) is 0.846. The molecule has 0 atom stereocenters. The van der Waals surface area contributed by atoms with Crippen LogP contribution in [0.5, 0.6) is 5.88 Å². The standard InChI is InChI=1S/C10H10BrF2NO/c11-8-1-2-9(14-5-8)15-6-7-3-10(12,13)4-7/h1-2,5,7H,3-4,6H2. The summed E-state index contributed by atoms with van der Waals surface area (Å²) in [6, 6.07) is 3.51. The van der Waals surface area contributed by atoms with E-state index in [4.69, 9.17) is 4.74 Å². The molecule has 0 unspecified atom stereocenters. The van der Waals surface area contributed by atoms with Crippen molar-refractivity contribution in [2.75, 3.05) is 6.61 Å². The van der Waals surface area contributed by atoms with Crippen molar-refractivity contribution in [3.8, 4) is 5.88 Å². The maximum Gasteiger partial charge on any atom is 0.248 e. The van der Waals surface area contributed by atoms with E-state index in [0.29, 0.717) is 12.5 Å². The van der Waals surface area contributed by atoms with E-state index < -0.39 is 5.92 Å². The van der Waals surface area contributed by atoms with E-state index in [1.807, 2.05) is 0 Å². The van der Waals surface area contributed by atoms with Crippen LogP contribution in [0.1, 0.15) is 12.8 Å². The van der Waals surface area contributed by atoms with Crippen LogP contribution in [0.25, 0.3) is 0 Å². The maximum atomic E-state index is 12.5. The predicted octanol–water partition coefficient (Wildman–Crippen LogP) is 3.27. The molecular weight excluding hydrogens is 268 g/mol. The highest BCUT2D eigenvalue weighted by Gasteiger charge is 2.45. The molecule has 0 spiro atoms. The van der Waals surface area contributed by atoms with E-state index in [9.17, 15) is 8.78 Å². The lowest BCUT2D eigenvalue weighted by Crippen LogP contribution is -2.38. The SMILES string of the molecule is FC1(F)CC(COc2ccc(Br)cn2)C1. The van der Waals surface area contributed by atoms with E-state index in [1.54, 1.807) is 18.3 Å². The molecule has 0 N–H and O–H groups in total. The minimum Gasteiger partial charge on any atom is -0.477 e. The lowest BCUT2D eigenvalue weighted by Gasteiger charge is -2.34. The van der Waals surface area contributed by atoms with Crippen molar-refractivity contribution in [3.05, 3.63) is 22.8 Å². The topological polar surface area (TPSA) is 22.1 Å². The highest BCUT2D eigenvalue weighted by molar-refractivity contribution is 9.10. The smallest absolute Gasteiger partial charge is 0.248 e. The van der Waals surface area contributed by atoms with Crippen LogP contribution in [0.3, 0.4) is 0 Å². The fourth-order valence-electron chi connectivity index (χ4n) is 1.55. The molecular formula is C10H10BrF2NO.